The lowest BCUT2D eigenvalue weighted by Gasteiger charge is -2.11. The number of thioether (sulfide) groups is 1. The van der Waals surface area contributed by atoms with Crippen LogP contribution in [0.25, 0.3) is 0 Å². The van der Waals surface area contributed by atoms with Crippen LogP contribution in [0.3, 0.4) is 0 Å². The first kappa shape index (κ1) is 18.6. The molecule has 1 saturated carbocycles. The highest BCUT2D eigenvalue weighted by molar-refractivity contribution is 7.99. The van der Waals surface area contributed by atoms with E-state index in [1.807, 2.05) is 35.9 Å². The Bertz CT molecular complexity index is 744. The van der Waals surface area contributed by atoms with Gasteiger partial charge in [-0.2, -0.15) is 0 Å². The number of hydrogen-bond donors (Lipinski definition) is 1. The molecule has 1 aromatic carbocycles. The smallest absolute Gasteiger partial charge is 0.230 e. The van der Waals surface area contributed by atoms with E-state index in [0.717, 1.165) is 18.6 Å². The summed E-state index contributed by atoms with van der Waals surface area (Å²) in [6.07, 6.45) is 4.59. The normalized spacial score (nSPS) is 14.4. The summed E-state index contributed by atoms with van der Waals surface area (Å²) in [5, 5.41) is 12.1. The average Bonchev–Trinajstić information content (AvgIpc) is 3.28. The Morgan fingerprint density at radius 2 is 2.08 bits per heavy atom. The largest absolute Gasteiger partial charge is 0.497 e. The van der Waals surface area contributed by atoms with Crippen molar-refractivity contribution in [1.29, 1.82) is 0 Å². The van der Waals surface area contributed by atoms with Gasteiger partial charge in [0.25, 0.3) is 0 Å². The monoisotopic (exact) mass is 376 g/mol. The van der Waals surface area contributed by atoms with Gasteiger partial charge in [0.1, 0.15) is 18.1 Å². The minimum atomic E-state index is 0.0547. The highest BCUT2D eigenvalue weighted by Crippen LogP contribution is 2.21. The van der Waals surface area contributed by atoms with Crippen LogP contribution in [-0.4, -0.2) is 39.6 Å². The fourth-order valence-corrected chi connectivity index (χ4v) is 3.65. The van der Waals surface area contributed by atoms with E-state index in [-0.39, 0.29) is 5.91 Å². The van der Waals surface area contributed by atoms with Gasteiger partial charge in [0.15, 0.2) is 11.0 Å². The van der Waals surface area contributed by atoms with Gasteiger partial charge >= 0.3 is 0 Å². The molecular weight excluding hydrogens is 352 g/mol. The van der Waals surface area contributed by atoms with Crippen LogP contribution in [0.1, 0.15) is 31.5 Å². The van der Waals surface area contributed by atoms with Crippen molar-refractivity contribution in [2.24, 2.45) is 7.05 Å². The maximum Gasteiger partial charge on any atom is 0.230 e. The second-order valence-electron chi connectivity index (χ2n) is 6.26. The number of carbonyl (C=O) groups excluding carboxylic acids is 1. The molecule has 1 N–H and O–H groups in total. The second kappa shape index (κ2) is 8.93. The minimum absolute atomic E-state index is 0.0547. The first-order valence-electron chi connectivity index (χ1n) is 8.73. The summed E-state index contributed by atoms with van der Waals surface area (Å²) in [5.74, 6) is 2.55. The van der Waals surface area contributed by atoms with E-state index in [0.29, 0.717) is 35.1 Å². The Kier molecular flexibility index (Phi) is 6.38. The topological polar surface area (TPSA) is 78.3 Å². The van der Waals surface area contributed by atoms with Crippen LogP contribution in [-0.2, 0) is 18.4 Å². The summed E-state index contributed by atoms with van der Waals surface area (Å²) in [4.78, 5) is 12.0. The lowest BCUT2D eigenvalue weighted by molar-refractivity contribution is -0.119. The van der Waals surface area contributed by atoms with Crippen LogP contribution in [0.5, 0.6) is 11.5 Å². The van der Waals surface area contributed by atoms with Crippen molar-refractivity contribution in [3.63, 3.8) is 0 Å². The van der Waals surface area contributed by atoms with E-state index in [1.54, 1.807) is 7.11 Å². The van der Waals surface area contributed by atoms with Gasteiger partial charge in [0, 0.05) is 19.2 Å². The van der Waals surface area contributed by atoms with Crippen molar-refractivity contribution in [3.8, 4) is 11.5 Å². The second-order valence-corrected chi connectivity index (χ2v) is 7.21. The quantitative estimate of drug-likeness (QED) is 0.714. The van der Waals surface area contributed by atoms with Gasteiger partial charge in [0.2, 0.25) is 5.91 Å². The number of hydrogen-bond acceptors (Lipinski definition) is 6. The summed E-state index contributed by atoms with van der Waals surface area (Å²) in [6, 6.07) is 7.76. The Hall–Kier alpha value is -2.22. The molecule has 0 atom stereocenters. The van der Waals surface area contributed by atoms with E-state index in [1.165, 1.54) is 24.6 Å². The maximum absolute atomic E-state index is 12.0. The molecule has 140 valence electrons. The first-order valence-corrected chi connectivity index (χ1v) is 9.71. The average molecular weight is 376 g/mol. The molecule has 1 aliphatic rings. The van der Waals surface area contributed by atoms with Gasteiger partial charge in [-0.1, -0.05) is 30.7 Å². The van der Waals surface area contributed by atoms with Gasteiger partial charge in [-0.05, 0) is 25.0 Å². The van der Waals surface area contributed by atoms with Crippen molar-refractivity contribution in [2.45, 2.75) is 43.5 Å². The first-order chi connectivity index (χ1) is 12.7. The molecule has 2 aromatic rings. The fourth-order valence-electron chi connectivity index (χ4n) is 2.90. The molecule has 0 spiro atoms. The Balaban J connectivity index is 1.49. The van der Waals surface area contributed by atoms with Crippen molar-refractivity contribution in [3.05, 3.63) is 30.1 Å². The number of rotatable bonds is 8. The number of carbonyl (C=O) groups is 1. The van der Waals surface area contributed by atoms with E-state index in [2.05, 4.69) is 15.5 Å². The molecule has 0 saturated heterocycles. The molecular formula is C18H24N4O3S. The molecule has 7 nitrogen and oxygen atoms in total. The minimum Gasteiger partial charge on any atom is -0.497 e. The molecule has 0 unspecified atom stereocenters. The third kappa shape index (κ3) is 4.91. The maximum atomic E-state index is 12.0. The fraction of sp³-hybridized carbons (Fsp3) is 0.500. The summed E-state index contributed by atoms with van der Waals surface area (Å²) < 4.78 is 12.8. The molecule has 1 aliphatic carbocycles. The molecule has 0 aliphatic heterocycles. The van der Waals surface area contributed by atoms with Crippen LogP contribution < -0.4 is 14.8 Å². The van der Waals surface area contributed by atoms with Crippen LogP contribution >= 0.6 is 11.8 Å². The standard InChI is InChI=1S/C18H24N4O3S/c1-22-16(11-25-15-9-5-8-14(10-15)24-2)20-21-18(22)26-12-17(23)19-13-6-3-4-7-13/h5,8-10,13H,3-4,6-7,11-12H2,1-2H3,(H,19,23). The number of aromatic nitrogens is 3. The molecule has 26 heavy (non-hydrogen) atoms. The SMILES string of the molecule is COc1cccc(OCc2nnc(SCC(=O)NC3CCCC3)n2C)c1. The molecule has 1 heterocycles. The number of benzene rings is 1. The number of ether oxygens (including phenoxy) is 2. The van der Waals surface area contributed by atoms with Crippen molar-refractivity contribution < 1.29 is 14.3 Å². The van der Waals surface area contributed by atoms with E-state index < -0.39 is 0 Å². The molecule has 0 bridgehead atoms. The molecule has 3 rings (SSSR count). The van der Waals surface area contributed by atoms with Crippen LogP contribution in [0.4, 0.5) is 0 Å². The molecule has 1 amide bonds. The summed E-state index contributed by atoms with van der Waals surface area (Å²) in [5.41, 5.74) is 0. The van der Waals surface area contributed by atoms with Crippen LogP contribution in [0.15, 0.2) is 29.4 Å². The van der Waals surface area contributed by atoms with Crippen molar-refractivity contribution in [1.82, 2.24) is 20.1 Å². The van der Waals surface area contributed by atoms with Crippen molar-refractivity contribution >= 4 is 17.7 Å². The number of nitrogens with one attached hydrogen (secondary N) is 1. The highest BCUT2D eigenvalue weighted by Gasteiger charge is 2.18. The predicted molar refractivity (Wildman–Crippen MR) is 99.5 cm³/mol. The molecule has 1 aromatic heterocycles. The number of methoxy groups -OCH3 is 1. The zero-order valence-electron chi connectivity index (χ0n) is 15.1. The predicted octanol–water partition coefficient (Wildman–Crippen LogP) is 2.55. The van der Waals surface area contributed by atoms with E-state index in [9.17, 15) is 4.79 Å². The molecule has 1 fully saturated rings. The summed E-state index contributed by atoms with van der Waals surface area (Å²) in [7, 11) is 3.50. The molecule has 8 heteroatoms. The van der Waals surface area contributed by atoms with Gasteiger partial charge < -0.3 is 19.4 Å². The molecule has 0 radical (unpaired) electrons. The van der Waals surface area contributed by atoms with Gasteiger partial charge in [0.05, 0.1) is 12.9 Å². The third-order valence-corrected chi connectivity index (χ3v) is 5.41. The Morgan fingerprint density at radius 1 is 1.31 bits per heavy atom. The third-order valence-electron chi connectivity index (χ3n) is 4.39. The van der Waals surface area contributed by atoms with Gasteiger partial charge in [-0.3, -0.25) is 4.79 Å². The zero-order valence-corrected chi connectivity index (χ0v) is 15.9. The van der Waals surface area contributed by atoms with Gasteiger partial charge in [-0.15, -0.1) is 10.2 Å². The Labute approximate surface area is 157 Å². The lowest BCUT2D eigenvalue weighted by Crippen LogP contribution is -2.33. The van der Waals surface area contributed by atoms with E-state index in [4.69, 9.17) is 9.47 Å². The lowest BCUT2D eigenvalue weighted by atomic mass is 10.2. The van der Waals surface area contributed by atoms with Crippen molar-refractivity contribution in [2.75, 3.05) is 12.9 Å². The highest BCUT2D eigenvalue weighted by atomic mass is 32.2. The van der Waals surface area contributed by atoms with Crippen LogP contribution in [0.2, 0.25) is 0 Å². The van der Waals surface area contributed by atoms with E-state index >= 15 is 0 Å². The number of amides is 1. The summed E-state index contributed by atoms with van der Waals surface area (Å²) >= 11 is 1.39. The van der Waals surface area contributed by atoms with Gasteiger partial charge in [-0.25, -0.2) is 0 Å². The Morgan fingerprint density at radius 3 is 2.85 bits per heavy atom. The van der Waals surface area contributed by atoms with Crippen LogP contribution in [0, 0.1) is 0 Å². The summed E-state index contributed by atoms with van der Waals surface area (Å²) in [6.45, 7) is 0.297. The zero-order chi connectivity index (χ0) is 18.4. The number of nitrogens with zero attached hydrogens (tertiary/aromatic N) is 3.